The number of terminal acetylenes is 2. The summed E-state index contributed by atoms with van der Waals surface area (Å²) in [6, 6.07) is 4.18. The monoisotopic (exact) mass is 306 g/mol. The molecule has 0 fully saturated rings. The lowest BCUT2D eigenvalue weighted by molar-refractivity contribution is 0.325. The summed E-state index contributed by atoms with van der Waals surface area (Å²) in [7, 11) is 0. The van der Waals surface area contributed by atoms with Crippen LogP contribution in [0.15, 0.2) is 23.8 Å². The first-order chi connectivity index (χ1) is 11.0. The van der Waals surface area contributed by atoms with Gasteiger partial charge in [-0.1, -0.05) is 36.5 Å². The van der Waals surface area contributed by atoms with E-state index < -0.39 is 0 Å². The van der Waals surface area contributed by atoms with Crippen molar-refractivity contribution in [2.45, 2.75) is 39.7 Å². The topological polar surface area (TPSA) is 24.1 Å². The number of hydrogen-bond acceptors (Lipinski definition) is 2. The van der Waals surface area contributed by atoms with Gasteiger partial charge < -0.3 is 5.32 Å². The van der Waals surface area contributed by atoms with Gasteiger partial charge in [0.15, 0.2) is 0 Å². The average Bonchev–Trinajstić information content (AvgIpc) is 2.51. The molecule has 0 amide bonds. The smallest absolute Gasteiger partial charge is 0.105 e. The maximum atomic E-state index is 5.77. The second-order valence-corrected chi connectivity index (χ2v) is 6.36. The molecule has 1 aliphatic rings. The molecule has 0 radical (unpaired) electrons. The summed E-state index contributed by atoms with van der Waals surface area (Å²) in [5.41, 5.74) is 5.43. The molecule has 2 nitrogen and oxygen atoms in total. The third-order valence-corrected chi connectivity index (χ3v) is 4.68. The van der Waals surface area contributed by atoms with E-state index in [0.717, 1.165) is 30.8 Å². The molecule has 1 aromatic carbocycles. The third-order valence-electron chi connectivity index (χ3n) is 4.68. The van der Waals surface area contributed by atoms with Gasteiger partial charge in [-0.15, -0.1) is 12.8 Å². The number of aryl methyl sites for hydroxylation is 2. The molecule has 2 N–H and O–H groups in total. The van der Waals surface area contributed by atoms with Gasteiger partial charge in [-0.2, -0.15) is 0 Å². The van der Waals surface area contributed by atoms with Crippen molar-refractivity contribution in [2.75, 3.05) is 18.4 Å². The molecule has 1 aliphatic carbocycles. The minimum atomic E-state index is -0.280. The quantitative estimate of drug-likeness (QED) is 0.476. The minimum absolute atomic E-state index is 0.280. The predicted octanol–water partition coefficient (Wildman–Crippen LogP) is 3.64. The van der Waals surface area contributed by atoms with Crippen molar-refractivity contribution in [1.29, 1.82) is 0 Å². The van der Waals surface area contributed by atoms with E-state index in [2.05, 4.69) is 62.3 Å². The van der Waals surface area contributed by atoms with E-state index >= 15 is 0 Å². The average molecular weight is 306 g/mol. The number of nitrogens with one attached hydrogen (secondary N) is 2. The van der Waals surface area contributed by atoms with E-state index in [9.17, 15) is 0 Å². The standard InChI is InChI=1S/C21H26N2/c1-7-18-13-15(4)12-16(5)20(18)22-10-11-23-21(9-3)14-17(6)19(21)8-2/h1,3,12-14,19,22-23H,8,10-11H2,2,4-6H3. The molecular weight excluding hydrogens is 280 g/mol. The molecule has 0 saturated carbocycles. The van der Waals surface area contributed by atoms with Crippen LogP contribution < -0.4 is 10.6 Å². The molecule has 2 atom stereocenters. The van der Waals surface area contributed by atoms with Crippen molar-refractivity contribution in [3.63, 3.8) is 0 Å². The molecule has 0 heterocycles. The lowest BCUT2D eigenvalue weighted by Crippen LogP contribution is -2.55. The highest BCUT2D eigenvalue weighted by Crippen LogP contribution is 2.38. The van der Waals surface area contributed by atoms with Gasteiger partial charge in [0.1, 0.15) is 5.54 Å². The van der Waals surface area contributed by atoms with Crippen molar-refractivity contribution in [1.82, 2.24) is 5.32 Å². The molecule has 0 aliphatic heterocycles. The SMILES string of the molecule is C#Cc1cc(C)cc(C)c1NCCNC1(C#C)C=C(C)C1CC. The molecule has 23 heavy (non-hydrogen) atoms. The molecule has 0 bridgehead atoms. The van der Waals surface area contributed by atoms with Crippen LogP contribution in [0.1, 0.15) is 37.0 Å². The van der Waals surface area contributed by atoms with Crippen LogP contribution in [0.25, 0.3) is 0 Å². The summed E-state index contributed by atoms with van der Waals surface area (Å²) < 4.78 is 0. The highest BCUT2D eigenvalue weighted by Gasteiger charge is 2.42. The maximum absolute atomic E-state index is 5.77. The normalized spacial score (nSPS) is 22.5. The van der Waals surface area contributed by atoms with Gasteiger partial charge in [0.05, 0.1) is 5.69 Å². The van der Waals surface area contributed by atoms with E-state index in [1.807, 2.05) is 6.07 Å². The van der Waals surface area contributed by atoms with Gasteiger partial charge in [-0.3, -0.25) is 5.32 Å². The van der Waals surface area contributed by atoms with Crippen LogP contribution >= 0.6 is 0 Å². The van der Waals surface area contributed by atoms with Gasteiger partial charge in [0.25, 0.3) is 0 Å². The van der Waals surface area contributed by atoms with Gasteiger partial charge in [0, 0.05) is 24.6 Å². The van der Waals surface area contributed by atoms with Crippen LogP contribution in [-0.4, -0.2) is 18.6 Å². The fourth-order valence-corrected chi connectivity index (χ4v) is 3.61. The molecule has 0 spiro atoms. The molecule has 2 unspecified atom stereocenters. The second kappa shape index (κ2) is 6.95. The highest BCUT2D eigenvalue weighted by atomic mass is 15.0. The van der Waals surface area contributed by atoms with E-state index in [-0.39, 0.29) is 5.54 Å². The number of hydrogen-bond donors (Lipinski definition) is 2. The first-order valence-electron chi connectivity index (χ1n) is 8.21. The van der Waals surface area contributed by atoms with Gasteiger partial charge >= 0.3 is 0 Å². The Labute approximate surface area is 140 Å². The zero-order valence-electron chi connectivity index (χ0n) is 14.6. The Morgan fingerprint density at radius 1 is 1.17 bits per heavy atom. The number of rotatable bonds is 6. The fraction of sp³-hybridized carbons (Fsp3) is 0.429. The van der Waals surface area contributed by atoms with Crippen molar-refractivity contribution in [3.8, 4) is 24.7 Å². The minimum Gasteiger partial charge on any atom is -0.383 e. The summed E-state index contributed by atoms with van der Waals surface area (Å²) in [4.78, 5) is 0. The van der Waals surface area contributed by atoms with Crippen molar-refractivity contribution in [3.05, 3.63) is 40.5 Å². The van der Waals surface area contributed by atoms with E-state index in [4.69, 9.17) is 12.8 Å². The number of benzene rings is 1. The van der Waals surface area contributed by atoms with Crippen LogP contribution in [-0.2, 0) is 0 Å². The van der Waals surface area contributed by atoms with Gasteiger partial charge in [-0.05, 0) is 44.4 Å². The van der Waals surface area contributed by atoms with Crippen LogP contribution in [0.3, 0.4) is 0 Å². The Morgan fingerprint density at radius 3 is 2.48 bits per heavy atom. The molecule has 1 aromatic rings. The lowest BCUT2D eigenvalue weighted by Gasteiger charge is -2.44. The largest absolute Gasteiger partial charge is 0.383 e. The Kier molecular flexibility index (Phi) is 5.19. The predicted molar refractivity (Wildman–Crippen MR) is 99.4 cm³/mol. The van der Waals surface area contributed by atoms with E-state index in [1.54, 1.807) is 0 Å². The molecule has 0 aromatic heterocycles. The number of anilines is 1. The van der Waals surface area contributed by atoms with Crippen LogP contribution in [0.2, 0.25) is 0 Å². The van der Waals surface area contributed by atoms with Crippen LogP contribution in [0, 0.1) is 44.5 Å². The fourth-order valence-electron chi connectivity index (χ4n) is 3.61. The molecule has 2 rings (SSSR count). The zero-order valence-corrected chi connectivity index (χ0v) is 14.6. The van der Waals surface area contributed by atoms with Crippen LogP contribution in [0.4, 0.5) is 5.69 Å². The van der Waals surface area contributed by atoms with Gasteiger partial charge in [0.2, 0.25) is 0 Å². The first-order valence-corrected chi connectivity index (χ1v) is 8.21. The maximum Gasteiger partial charge on any atom is 0.105 e. The Hall–Kier alpha value is -2.16. The Bertz CT molecular complexity index is 700. The Morgan fingerprint density at radius 2 is 1.91 bits per heavy atom. The summed E-state index contributed by atoms with van der Waals surface area (Å²) in [5.74, 6) is 6.14. The van der Waals surface area contributed by atoms with Crippen LogP contribution in [0.5, 0.6) is 0 Å². The molecular formula is C21H26N2. The summed E-state index contributed by atoms with van der Waals surface area (Å²) >= 11 is 0. The first kappa shape index (κ1) is 17.2. The van der Waals surface area contributed by atoms with Gasteiger partial charge in [-0.25, -0.2) is 0 Å². The van der Waals surface area contributed by atoms with E-state index in [0.29, 0.717) is 5.92 Å². The lowest BCUT2D eigenvalue weighted by atomic mass is 9.68. The molecule has 0 saturated heterocycles. The summed E-state index contributed by atoms with van der Waals surface area (Å²) in [6.07, 6.45) is 14.6. The summed E-state index contributed by atoms with van der Waals surface area (Å²) in [6.45, 7) is 10.1. The van der Waals surface area contributed by atoms with E-state index in [1.165, 1.54) is 16.7 Å². The Balaban J connectivity index is 1.97. The third kappa shape index (κ3) is 3.29. The summed E-state index contributed by atoms with van der Waals surface area (Å²) in [5, 5.41) is 6.98. The van der Waals surface area contributed by atoms with Crippen molar-refractivity contribution in [2.24, 2.45) is 5.92 Å². The molecule has 120 valence electrons. The van der Waals surface area contributed by atoms with Crippen molar-refractivity contribution < 1.29 is 0 Å². The van der Waals surface area contributed by atoms with Crippen molar-refractivity contribution >= 4 is 5.69 Å². The highest BCUT2D eigenvalue weighted by molar-refractivity contribution is 5.64. The molecule has 2 heteroatoms. The second-order valence-electron chi connectivity index (χ2n) is 6.36. The zero-order chi connectivity index (χ0) is 17.0.